The van der Waals surface area contributed by atoms with Gasteiger partial charge < -0.3 is 15.0 Å². The van der Waals surface area contributed by atoms with E-state index >= 15 is 0 Å². The molecule has 2 bridgehead atoms. The van der Waals surface area contributed by atoms with Gasteiger partial charge in [0.25, 0.3) is 5.91 Å². The summed E-state index contributed by atoms with van der Waals surface area (Å²) < 4.78 is 5.39. The molecule has 3 heterocycles. The lowest BCUT2D eigenvalue weighted by Crippen LogP contribution is -2.46. The molecule has 0 radical (unpaired) electrons. The first-order valence-corrected chi connectivity index (χ1v) is 9.17. The zero-order valence-corrected chi connectivity index (χ0v) is 14.5. The lowest BCUT2D eigenvalue weighted by Gasteiger charge is -2.30. The largest absolute Gasteiger partial charge is 0.496 e. The van der Waals surface area contributed by atoms with Crippen molar-refractivity contribution in [3.8, 4) is 16.2 Å². The molecule has 1 aromatic heterocycles. The minimum Gasteiger partial charge on any atom is -0.496 e. The Morgan fingerprint density at radius 2 is 2.25 bits per heavy atom. The Labute approximate surface area is 145 Å². The van der Waals surface area contributed by atoms with Crippen LogP contribution in [-0.2, 0) is 0 Å². The Balaban J connectivity index is 1.47. The lowest BCUT2D eigenvalue weighted by molar-refractivity contribution is 0.0909. The molecular weight excluding hydrogens is 322 g/mol. The highest BCUT2D eigenvalue weighted by Crippen LogP contribution is 2.33. The van der Waals surface area contributed by atoms with Crippen molar-refractivity contribution >= 4 is 17.2 Å². The van der Waals surface area contributed by atoms with Gasteiger partial charge in [-0.1, -0.05) is 12.1 Å². The van der Waals surface area contributed by atoms with Crippen LogP contribution < -0.4 is 10.1 Å². The first-order chi connectivity index (χ1) is 11.7. The van der Waals surface area contributed by atoms with E-state index < -0.39 is 0 Å². The third kappa shape index (κ3) is 3.03. The van der Waals surface area contributed by atoms with Crippen LogP contribution in [0.15, 0.2) is 30.5 Å². The summed E-state index contributed by atoms with van der Waals surface area (Å²) in [6.07, 6.45) is 4.11. The maximum atomic E-state index is 12.5. The van der Waals surface area contributed by atoms with Gasteiger partial charge in [-0.25, -0.2) is 4.98 Å². The summed E-state index contributed by atoms with van der Waals surface area (Å²) in [6.45, 7) is 3.33. The Kier molecular flexibility index (Phi) is 4.24. The van der Waals surface area contributed by atoms with Crippen LogP contribution >= 0.6 is 11.3 Å². The van der Waals surface area contributed by atoms with Crippen LogP contribution in [0.4, 0.5) is 0 Å². The number of carbonyl (C=O) groups excluding carboxylic acids is 1. The van der Waals surface area contributed by atoms with E-state index in [1.807, 2.05) is 24.3 Å². The molecule has 2 saturated heterocycles. The van der Waals surface area contributed by atoms with Crippen molar-refractivity contribution in [3.05, 3.63) is 35.5 Å². The van der Waals surface area contributed by atoms with Crippen molar-refractivity contribution in [1.29, 1.82) is 0 Å². The van der Waals surface area contributed by atoms with Gasteiger partial charge >= 0.3 is 0 Å². The summed E-state index contributed by atoms with van der Waals surface area (Å²) in [4.78, 5) is 20.3. The van der Waals surface area contributed by atoms with Crippen LogP contribution in [0.2, 0.25) is 0 Å². The molecule has 24 heavy (non-hydrogen) atoms. The number of hydrogen-bond donors (Lipinski definition) is 1. The standard InChI is InChI=1S/C18H21N3O2S/c1-23-15-5-3-2-4-14(15)16-9-19-18(24-16)17(22)20-13-8-12-6-7-21(10-12)11-13/h2-5,9,12-13H,6-8,10-11H2,1H3,(H,20,22)/t12-,13-/m1/s1. The van der Waals surface area contributed by atoms with Crippen molar-refractivity contribution in [2.75, 3.05) is 26.7 Å². The second kappa shape index (κ2) is 6.53. The smallest absolute Gasteiger partial charge is 0.280 e. The molecule has 2 aliphatic rings. The Hall–Kier alpha value is -1.92. The fraction of sp³-hybridized carbons (Fsp3) is 0.444. The number of ether oxygens (including phenoxy) is 1. The average Bonchev–Trinajstić information content (AvgIpc) is 3.22. The second-order valence-electron chi connectivity index (χ2n) is 6.55. The predicted octanol–water partition coefficient (Wildman–Crippen LogP) is 2.64. The van der Waals surface area contributed by atoms with Gasteiger partial charge in [-0.2, -0.15) is 0 Å². The number of nitrogens with zero attached hydrogens (tertiary/aromatic N) is 2. The number of nitrogens with one attached hydrogen (secondary N) is 1. The van der Waals surface area contributed by atoms with Gasteiger partial charge in [-0.05, 0) is 37.4 Å². The molecule has 3 atom stereocenters. The van der Waals surface area contributed by atoms with E-state index in [9.17, 15) is 4.79 Å². The fourth-order valence-corrected chi connectivity index (χ4v) is 4.61. The third-order valence-electron chi connectivity index (χ3n) is 4.87. The number of thiazole rings is 1. The molecule has 5 nitrogen and oxygen atoms in total. The van der Waals surface area contributed by atoms with E-state index in [0.29, 0.717) is 5.01 Å². The summed E-state index contributed by atoms with van der Waals surface area (Å²) in [5.41, 5.74) is 0.971. The highest BCUT2D eigenvalue weighted by molar-refractivity contribution is 7.17. The number of hydrogen-bond acceptors (Lipinski definition) is 5. The molecule has 1 N–H and O–H groups in total. The maximum Gasteiger partial charge on any atom is 0.280 e. The summed E-state index contributed by atoms with van der Waals surface area (Å²) in [5.74, 6) is 1.47. The van der Waals surface area contributed by atoms with Crippen molar-refractivity contribution in [2.45, 2.75) is 18.9 Å². The van der Waals surface area contributed by atoms with E-state index in [2.05, 4.69) is 15.2 Å². The monoisotopic (exact) mass is 343 g/mol. The number of para-hydroxylation sites is 1. The fourth-order valence-electron chi connectivity index (χ4n) is 3.76. The highest BCUT2D eigenvalue weighted by Gasteiger charge is 2.33. The number of benzene rings is 1. The van der Waals surface area contributed by atoms with E-state index in [-0.39, 0.29) is 11.9 Å². The normalized spacial score (nSPS) is 25.5. The van der Waals surface area contributed by atoms with Crippen LogP contribution in [0.1, 0.15) is 22.6 Å². The third-order valence-corrected chi connectivity index (χ3v) is 5.90. The first kappa shape index (κ1) is 15.6. The molecule has 2 aliphatic heterocycles. The van der Waals surface area contributed by atoms with E-state index in [1.54, 1.807) is 13.3 Å². The Morgan fingerprint density at radius 3 is 3.08 bits per heavy atom. The molecular formula is C18H21N3O2S. The summed E-state index contributed by atoms with van der Waals surface area (Å²) in [7, 11) is 1.65. The van der Waals surface area contributed by atoms with Gasteiger partial charge in [0.1, 0.15) is 5.75 Å². The van der Waals surface area contributed by atoms with Crippen molar-refractivity contribution < 1.29 is 9.53 Å². The van der Waals surface area contributed by atoms with Crippen molar-refractivity contribution in [2.24, 2.45) is 5.92 Å². The van der Waals surface area contributed by atoms with Crippen LogP contribution in [0.5, 0.6) is 5.75 Å². The topological polar surface area (TPSA) is 54.5 Å². The van der Waals surface area contributed by atoms with Crippen LogP contribution in [0.25, 0.3) is 10.4 Å². The molecule has 0 saturated carbocycles. The number of fused-ring (bicyclic) bond motifs is 2. The zero-order valence-electron chi connectivity index (χ0n) is 13.7. The Bertz CT molecular complexity index is 733. The predicted molar refractivity (Wildman–Crippen MR) is 94.5 cm³/mol. The molecule has 0 spiro atoms. The number of carbonyl (C=O) groups is 1. The summed E-state index contributed by atoms with van der Waals surface area (Å²) in [6, 6.07) is 8.05. The first-order valence-electron chi connectivity index (χ1n) is 8.35. The number of aromatic nitrogens is 1. The average molecular weight is 343 g/mol. The summed E-state index contributed by atoms with van der Waals surface area (Å²) in [5, 5.41) is 3.68. The van der Waals surface area contributed by atoms with Crippen molar-refractivity contribution in [1.82, 2.24) is 15.2 Å². The molecule has 1 aromatic carbocycles. The van der Waals surface area contributed by atoms with Gasteiger partial charge in [-0.3, -0.25) is 4.79 Å². The molecule has 0 aliphatic carbocycles. The van der Waals surface area contributed by atoms with Gasteiger partial charge in [0.15, 0.2) is 5.01 Å². The molecule has 2 aromatic rings. The van der Waals surface area contributed by atoms with Gasteiger partial charge in [0, 0.05) is 30.9 Å². The minimum absolute atomic E-state index is 0.0614. The van der Waals surface area contributed by atoms with Crippen LogP contribution in [0, 0.1) is 5.92 Å². The number of rotatable bonds is 4. The highest BCUT2D eigenvalue weighted by atomic mass is 32.1. The van der Waals surface area contributed by atoms with Crippen LogP contribution in [0.3, 0.4) is 0 Å². The number of methoxy groups -OCH3 is 1. The molecule has 6 heteroatoms. The zero-order chi connectivity index (χ0) is 16.5. The second-order valence-corrected chi connectivity index (χ2v) is 7.58. The lowest BCUT2D eigenvalue weighted by atomic mass is 9.97. The minimum atomic E-state index is -0.0614. The maximum absolute atomic E-state index is 12.5. The van der Waals surface area contributed by atoms with Crippen molar-refractivity contribution in [3.63, 3.8) is 0 Å². The van der Waals surface area contributed by atoms with E-state index in [4.69, 9.17) is 4.74 Å². The van der Waals surface area contributed by atoms with E-state index in [1.165, 1.54) is 30.8 Å². The molecule has 4 rings (SSSR count). The molecule has 1 amide bonds. The SMILES string of the molecule is COc1ccccc1-c1cnc(C(=O)N[C@@H]2C[C@H]3CCN(C3)C2)s1. The number of piperidine rings is 1. The molecule has 1 unspecified atom stereocenters. The molecule has 126 valence electrons. The van der Waals surface area contributed by atoms with Gasteiger partial charge in [-0.15, -0.1) is 11.3 Å². The van der Waals surface area contributed by atoms with Gasteiger partial charge in [0.05, 0.1) is 12.0 Å². The quantitative estimate of drug-likeness (QED) is 0.927. The van der Waals surface area contributed by atoms with Crippen LogP contribution in [-0.4, -0.2) is 48.6 Å². The van der Waals surface area contributed by atoms with Gasteiger partial charge in [0.2, 0.25) is 0 Å². The Morgan fingerprint density at radius 1 is 1.38 bits per heavy atom. The summed E-state index contributed by atoms with van der Waals surface area (Å²) >= 11 is 1.41. The van der Waals surface area contributed by atoms with E-state index in [0.717, 1.165) is 35.1 Å². The number of amides is 1. The molecule has 2 fully saturated rings.